The van der Waals surface area contributed by atoms with Crippen molar-refractivity contribution in [2.45, 2.75) is 26.2 Å². The van der Waals surface area contributed by atoms with E-state index >= 15 is 0 Å². The summed E-state index contributed by atoms with van der Waals surface area (Å²) in [6.45, 7) is 12.2. The highest BCUT2D eigenvalue weighted by molar-refractivity contribution is 5.28. The normalized spacial score (nSPS) is 12.1. The number of hydrogen-bond acceptors (Lipinski definition) is 0. The third kappa shape index (κ3) is 2.88. The maximum absolute atomic E-state index is 4.04. The van der Waals surface area contributed by atoms with Crippen molar-refractivity contribution in [3.63, 3.8) is 0 Å². The summed E-state index contributed by atoms with van der Waals surface area (Å²) in [4.78, 5) is 0. The van der Waals surface area contributed by atoms with Gasteiger partial charge in [0.05, 0.1) is 0 Å². The van der Waals surface area contributed by atoms with E-state index in [9.17, 15) is 0 Å². The van der Waals surface area contributed by atoms with Crippen molar-refractivity contribution in [3.8, 4) is 0 Å². The first-order chi connectivity index (χ1) is 6.61. The topological polar surface area (TPSA) is 0 Å². The third-order valence-corrected chi connectivity index (χ3v) is 2.35. The molecule has 1 aromatic rings. The van der Waals surface area contributed by atoms with Crippen LogP contribution in [-0.2, 0) is 0 Å². The molecule has 14 heavy (non-hydrogen) atoms. The monoisotopic (exact) mass is 186 g/mol. The zero-order valence-electron chi connectivity index (χ0n) is 9.09. The zero-order valence-corrected chi connectivity index (χ0v) is 9.09. The molecule has 0 aliphatic rings. The van der Waals surface area contributed by atoms with Crippen LogP contribution in [0, 0.1) is 0 Å². The maximum Gasteiger partial charge on any atom is 0.00796 e. The van der Waals surface area contributed by atoms with Crippen molar-refractivity contribution >= 4 is 0 Å². The summed E-state index contributed by atoms with van der Waals surface area (Å²) < 4.78 is 0. The second kappa shape index (κ2) is 4.80. The fraction of sp³-hybridized carbons (Fsp3) is 0.286. The zero-order chi connectivity index (χ0) is 10.6. The predicted octanol–water partition coefficient (Wildman–Crippen LogP) is 4.31. The second-order valence-corrected chi connectivity index (χ2v) is 3.97. The Kier molecular flexibility index (Phi) is 3.70. The molecule has 0 bridgehead atoms. The van der Waals surface area contributed by atoms with E-state index in [1.165, 1.54) is 16.7 Å². The molecule has 1 unspecified atom stereocenters. The largest absolute Gasteiger partial charge is 0.100 e. The van der Waals surface area contributed by atoms with Gasteiger partial charge in [-0.2, -0.15) is 0 Å². The van der Waals surface area contributed by atoms with Crippen molar-refractivity contribution in [1.82, 2.24) is 0 Å². The Labute approximate surface area is 87.0 Å². The average Bonchev–Trinajstić information content (AvgIpc) is 2.15. The number of benzene rings is 1. The van der Waals surface area contributed by atoms with Gasteiger partial charge in [-0.1, -0.05) is 48.1 Å². The quantitative estimate of drug-likeness (QED) is 0.614. The lowest BCUT2D eigenvalue weighted by Gasteiger charge is -2.17. The van der Waals surface area contributed by atoms with Gasteiger partial charge in [0.1, 0.15) is 0 Å². The van der Waals surface area contributed by atoms with Crippen LogP contribution in [0.4, 0.5) is 0 Å². The van der Waals surface area contributed by atoms with Crippen LogP contribution in [0.15, 0.2) is 54.6 Å². The Morgan fingerprint density at radius 1 is 1.14 bits per heavy atom. The smallest absolute Gasteiger partial charge is 0.00796 e. The Balaban J connectivity index is 2.89. The molecule has 1 aromatic carbocycles. The molecule has 0 saturated carbocycles. The highest BCUT2D eigenvalue weighted by Crippen LogP contribution is 2.28. The molecule has 0 radical (unpaired) electrons. The van der Waals surface area contributed by atoms with E-state index in [1.807, 2.05) is 6.07 Å². The first-order valence-corrected chi connectivity index (χ1v) is 4.96. The number of hydrogen-bond donors (Lipinski definition) is 0. The SMILES string of the molecule is C=C(C)CC(C(=C)C)c1ccccc1. The van der Waals surface area contributed by atoms with E-state index < -0.39 is 0 Å². The molecule has 0 saturated heterocycles. The van der Waals surface area contributed by atoms with Gasteiger partial charge in [-0.3, -0.25) is 0 Å². The number of rotatable bonds is 4. The standard InChI is InChI=1S/C14H18/c1-11(2)10-14(12(3)4)13-8-6-5-7-9-13/h5-9,14H,1,3,10H2,2,4H3. The van der Waals surface area contributed by atoms with Crippen LogP contribution in [0.25, 0.3) is 0 Å². The van der Waals surface area contributed by atoms with Crippen LogP contribution in [0.1, 0.15) is 31.7 Å². The minimum Gasteiger partial charge on any atom is -0.100 e. The second-order valence-electron chi connectivity index (χ2n) is 3.97. The lowest BCUT2D eigenvalue weighted by molar-refractivity contribution is 0.782. The molecular formula is C14H18. The summed E-state index contributed by atoms with van der Waals surface area (Å²) in [6, 6.07) is 10.5. The molecule has 0 aliphatic carbocycles. The summed E-state index contributed by atoms with van der Waals surface area (Å²) in [5, 5.41) is 0. The van der Waals surface area contributed by atoms with Gasteiger partial charge in [0, 0.05) is 5.92 Å². The summed E-state index contributed by atoms with van der Waals surface area (Å²) in [7, 11) is 0. The van der Waals surface area contributed by atoms with Crippen molar-refractivity contribution in [2.75, 3.05) is 0 Å². The molecule has 0 nitrogen and oxygen atoms in total. The van der Waals surface area contributed by atoms with Crippen LogP contribution in [0.3, 0.4) is 0 Å². The lowest BCUT2D eigenvalue weighted by atomic mass is 9.88. The Hall–Kier alpha value is -1.30. The molecular weight excluding hydrogens is 168 g/mol. The van der Waals surface area contributed by atoms with Crippen LogP contribution in [-0.4, -0.2) is 0 Å². The highest BCUT2D eigenvalue weighted by Gasteiger charge is 2.11. The van der Waals surface area contributed by atoms with E-state index in [4.69, 9.17) is 0 Å². The van der Waals surface area contributed by atoms with Gasteiger partial charge >= 0.3 is 0 Å². The first kappa shape index (κ1) is 10.8. The van der Waals surface area contributed by atoms with Crippen molar-refractivity contribution in [3.05, 3.63) is 60.2 Å². The van der Waals surface area contributed by atoms with Crippen LogP contribution in [0.5, 0.6) is 0 Å². The molecule has 0 spiro atoms. The van der Waals surface area contributed by atoms with Gasteiger partial charge in [0.15, 0.2) is 0 Å². The predicted molar refractivity (Wildman–Crippen MR) is 63.4 cm³/mol. The van der Waals surface area contributed by atoms with Crippen LogP contribution < -0.4 is 0 Å². The minimum absolute atomic E-state index is 0.425. The van der Waals surface area contributed by atoms with Crippen molar-refractivity contribution in [1.29, 1.82) is 0 Å². The maximum atomic E-state index is 4.04. The van der Waals surface area contributed by atoms with E-state index in [1.54, 1.807) is 0 Å². The van der Waals surface area contributed by atoms with Gasteiger partial charge in [-0.25, -0.2) is 0 Å². The van der Waals surface area contributed by atoms with Gasteiger partial charge in [-0.05, 0) is 25.8 Å². The molecule has 0 aliphatic heterocycles. The van der Waals surface area contributed by atoms with E-state index in [0.29, 0.717) is 5.92 Å². The van der Waals surface area contributed by atoms with Crippen molar-refractivity contribution < 1.29 is 0 Å². The average molecular weight is 186 g/mol. The lowest BCUT2D eigenvalue weighted by Crippen LogP contribution is -1.99. The summed E-state index contributed by atoms with van der Waals surface area (Å²) in [6.07, 6.45) is 0.999. The Bertz CT molecular complexity index is 319. The molecule has 74 valence electrons. The summed E-state index contributed by atoms with van der Waals surface area (Å²) in [5.41, 5.74) is 3.75. The first-order valence-electron chi connectivity index (χ1n) is 4.96. The van der Waals surface area contributed by atoms with Gasteiger partial charge in [0.25, 0.3) is 0 Å². The highest BCUT2D eigenvalue weighted by atomic mass is 14.2. The fourth-order valence-electron chi connectivity index (χ4n) is 1.61. The molecule has 1 rings (SSSR count). The van der Waals surface area contributed by atoms with E-state index in [-0.39, 0.29) is 0 Å². The van der Waals surface area contributed by atoms with Crippen molar-refractivity contribution in [2.24, 2.45) is 0 Å². The summed E-state index contributed by atoms with van der Waals surface area (Å²) in [5.74, 6) is 0.425. The minimum atomic E-state index is 0.425. The Morgan fingerprint density at radius 3 is 2.14 bits per heavy atom. The van der Waals surface area contributed by atoms with Gasteiger partial charge in [0.2, 0.25) is 0 Å². The van der Waals surface area contributed by atoms with Crippen LogP contribution >= 0.6 is 0 Å². The van der Waals surface area contributed by atoms with Gasteiger partial charge < -0.3 is 0 Å². The molecule has 0 N–H and O–H groups in total. The van der Waals surface area contributed by atoms with Crippen LogP contribution in [0.2, 0.25) is 0 Å². The molecule has 0 fully saturated rings. The molecule has 0 heteroatoms. The molecule has 0 amide bonds. The third-order valence-electron chi connectivity index (χ3n) is 2.35. The fourth-order valence-corrected chi connectivity index (χ4v) is 1.61. The van der Waals surface area contributed by atoms with Gasteiger partial charge in [-0.15, -0.1) is 6.58 Å². The molecule has 0 heterocycles. The Morgan fingerprint density at radius 2 is 1.71 bits per heavy atom. The number of allylic oxidation sites excluding steroid dienone is 2. The summed E-state index contributed by atoms with van der Waals surface area (Å²) >= 11 is 0. The molecule has 1 atom stereocenters. The van der Waals surface area contributed by atoms with E-state index in [2.05, 4.69) is 51.3 Å². The van der Waals surface area contributed by atoms with E-state index in [0.717, 1.165) is 6.42 Å². The molecule has 0 aromatic heterocycles.